The van der Waals surface area contributed by atoms with Gasteiger partial charge in [0, 0.05) is 10.1 Å². The van der Waals surface area contributed by atoms with Gasteiger partial charge in [-0.2, -0.15) is 0 Å². The number of halogens is 2. The number of hydrogen-bond acceptors (Lipinski definition) is 3. The first-order chi connectivity index (χ1) is 9.22. The van der Waals surface area contributed by atoms with Crippen LogP contribution in [0.15, 0.2) is 36.4 Å². The summed E-state index contributed by atoms with van der Waals surface area (Å²) in [5.41, 5.74) is 2.05. The number of anilines is 1. The molecule has 0 saturated carbocycles. The van der Waals surface area contributed by atoms with Crippen LogP contribution in [0.4, 0.5) is 5.69 Å². The zero-order valence-corrected chi connectivity index (χ0v) is 12.9. The molecule has 0 amide bonds. The maximum Gasteiger partial charge on any atom is 0.231 e. The summed E-state index contributed by atoms with van der Waals surface area (Å²) < 4.78 is 11.8. The van der Waals surface area contributed by atoms with Crippen LogP contribution in [0.5, 0.6) is 11.5 Å². The topological polar surface area (TPSA) is 30.5 Å². The predicted octanol–water partition coefficient (Wildman–Crippen LogP) is 4.29. The van der Waals surface area contributed by atoms with E-state index in [4.69, 9.17) is 21.1 Å². The first kappa shape index (κ1) is 12.9. The third kappa shape index (κ3) is 2.90. The van der Waals surface area contributed by atoms with Gasteiger partial charge in [-0.25, -0.2) is 0 Å². The second kappa shape index (κ2) is 5.46. The van der Waals surface area contributed by atoms with Crippen molar-refractivity contribution in [3.8, 4) is 11.5 Å². The summed E-state index contributed by atoms with van der Waals surface area (Å²) in [6.45, 7) is 0.992. The molecule has 98 valence electrons. The summed E-state index contributed by atoms with van der Waals surface area (Å²) >= 11 is 8.42. The van der Waals surface area contributed by atoms with Crippen molar-refractivity contribution in [2.24, 2.45) is 0 Å². The second-order valence-corrected chi connectivity index (χ2v) is 5.82. The number of nitrogens with one attached hydrogen (secondary N) is 1. The standard InChI is InChI=1S/C14H11ClINO2/c15-11-6-10(16)2-3-12(11)17-7-9-1-4-13-14(5-9)19-8-18-13/h1-6,17H,7-8H2. The first-order valence-electron chi connectivity index (χ1n) is 5.80. The molecule has 2 aromatic carbocycles. The lowest BCUT2D eigenvalue weighted by Gasteiger charge is -2.09. The van der Waals surface area contributed by atoms with E-state index in [-0.39, 0.29) is 0 Å². The molecule has 0 aliphatic carbocycles. The van der Waals surface area contributed by atoms with Crippen molar-refractivity contribution in [2.45, 2.75) is 6.54 Å². The van der Waals surface area contributed by atoms with Gasteiger partial charge >= 0.3 is 0 Å². The van der Waals surface area contributed by atoms with Crippen molar-refractivity contribution in [1.82, 2.24) is 0 Å². The number of rotatable bonds is 3. The van der Waals surface area contributed by atoms with Gasteiger partial charge in [-0.1, -0.05) is 17.7 Å². The molecule has 5 heteroatoms. The zero-order valence-electron chi connectivity index (χ0n) is 9.95. The summed E-state index contributed by atoms with van der Waals surface area (Å²) in [4.78, 5) is 0. The fourth-order valence-corrected chi connectivity index (χ4v) is 2.80. The van der Waals surface area contributed by atoms with Crippen LogP contribution in [0, 0.1) is 3.57 Å². The molecule has 1 heterocycles. The molecule has 1 N–H and O–H groups in total. The van der Waals surface area contributed by atoms with Gasteiger partial charge in [0.2, 0.25) is 6.79 Å². The van der Waals surface area contributed by atoms with Crippen molar-refractivity contribution < 1.29 is 9.47 Å². The SMILES string of the molecule is Clc1cc(I)ccc1NCc1ccc2c(c1)OCO2. The molecule has 3 nitrogen and oxygen atoms in total. The summed E-state index contributed by atoms with van der Waals surface area (Å²) in [6.07, 6.45) is 0. The molecular formula is C14H11ClINO2. The average Bonchev–Trinajstić information content (AvgIpc) is 2.85. The van der Waals surface area contributed by atoms with Crippen LogP contribution in [-0.2, 0) is 6.54 Å². The third-order valence-electron chi connectivity index (χ3n) is 2.85. The van der Waals surface area contributed by atoms with Gasteiger partial charge in [-0.3, -0.25) is 0 Å². The predicted molar refractivity (Wildman–Crippen MR) is 84.1 cm³/mol. The molecule has 0 radical (unpaired) electrons. The zero-order chi connectivity index (χ0) is 13.2. The molecule has 0 unspecified atom stereocenters. The van der Waals surface area contributed by atoms with Gasteiger partial charge in [0.25, 0.3) is 0 Å². The van der Waals surface area contributed by atoms with Gasteiger partial charge in [0.05, 0.1) is 10.7 Å². The van der Waals surface area contributed by atoms with E-state index in [0.29, 0.717) is 13.3 Å². The van der Waals surface area contributed by atoms with Gasteiger partial charge in [-0.05, 0) is 58.5 Å². The Hall–Kier alpha value is -1.14. The summed E-state index contributed by atoms with van der Waals surface area (Å²) in [6, 6.07) is 11.9. The van der Waals surface area contributed by atoms with Crippen LogP contribution in [0.25, 0.3) is 0 Å². The smallest absolute Gasteiger partial charge is 0.231 e. The van der Waals surface area contributed by atoms with Gasteiger partial charge in [0.15, 0.2) is 11.5 Å². The fourth-order valence-electron chi connectivity index (χ4n) is 1.88. The van der Waals surface area contributed by atoms with Gasteiger partial charge in [-0.15, -0.1) is 0 Å². The highest BCUT2D eigenvalue weighted by atomic mass is 127. The molecular weight excluding hydrogens is 377 g/mol. The van der Waals surface area contributed by atoms with E-state index in [1.807, 2.05) is 36.4 Å². The lowest BCUT2D eigenvalue weighted by atomic mass is 10.2. The lowest BCUT2D eigenvalue weighted by Crippen LogP contribution is -2.00. The van der Waals surface area contributed by atoms with Gasteiger partial charge in [0.1, 0.15) is 0 Å². The number of benzene rings is 2. The quantitative estimate of drug-likeness (QED) is 0.797. The monoisotopic (exact) mass is 387 g/mol. The number of ether oxygens (including phenoxy) is 2. The number of fused-ring (bicyclic) bond motifs is 1. The Morgan fingerprint density at radius 3 is 2.79 bits per heavy atom. The van der Waals surface area contributed by atoms with E-state index >= 15 is 0 Å². The van der Waals surface area contributed by atoms with Crippen molar-refractivity contribution in [3.63, 3.8) is 0 Å². The summed E-state index contributed by atoms with van der Waals surface area (Å²) in [5, 5.41) is 4.05. The van der Waals surface area contributed by atoms with Crippen molar-refractivity contribution >= 4 is 39.9 Å². The minimum absolute atomic E-state index is 0.301. The highest BCUT2D eigenvalue weighted by Crippen LogP contribution is 2.33. The maximum absolute atomic E-state index is 6.18. The molecule has 19 heavy (non-hydrogen) atoms. The first-order valence-corrected chi connectivity index (χ1v) is 7.25. The highest BCUT2D eigenvalue weighted by Gasteiger charge is 2.13. The van der Waals surface area contributed by atoms with E-state index in [1.54, 1.807) is 0 Å². The Bertz CT molecular complexity index is 618. The third-order valence-corrected chi connectivity index (χ3v) is 3.83. The Morgan fingerprint density at radius 2 is 1.95 bits per heavy atom. The molecule has 0 bridgehead atoms. The van der Waals surface area contributed by atoms with Crippen molar-refractivity contribution in [3.05, 3.63) is 50.6 Å². The molecule has 0 atom stereocenters. The van der Waals surface area contributed by atoms with E-state index in [1.165, 1.54) is 0 Å². The molecule has 1 aliphatic rings. The molecule has 0 fully saturated rings. The van der Waals surface area contributed by atoms with E-state index in [2.05, 4.69) is 27.9 Å². The summed E-state index contributed by atoms with van der Waals surface area (Å²) in [5.74, 6) is 1.60. The minimum atomic E-state index is 0.301. The number of hydrogen-bond donors (Lipinski definition) is 1. The van der Waals surface area contributed by atoms with E-state index < -0.39 is 0 Å². The van der Waals surface area contributed by atoms with Crippen LogP contribution >= 0.6 is 34.2 Å². The van der Waals surface area contributed by atoms with Crippen LogP contribution in [0.1, 0.15) is 5.56 Å². The van der Waals surface area contributed by atoms with Crippen LogP contribution in [0.3, 0.4) is 0 Å². The van der Waals surface area contributed by atoms with Crippen molar-refractivity contribution in [1.29, 1.82) is 0 Å². The summed E-state index contributed by atoms with van der Waals surface area (Å²) in [7, 11) is 0. The van der Waals surface area contributed by atoms with E-state index in [0.717, 1.165) is 31.3 Å². The van der Waals surface area contributed by atoms with Crippen LogP contribution < -0.4 is 14.8 Å². The molecule has 3 rings (SSSR count). The minimum Gasteiger partial charge on any atom is -0.454 e. The molecule has 2 aromatic rings. The Labute approximate surface area is 130 Å². The molecule has 0 spiro atoms. The Balaban J connectivity index is 1.72. The highest BCUT2D eigenvalue weighted by molar-refractivity contribution is 14.1. The molecule has 0 saturated heterocycles. The Kier molecular flexibility index (Phi) is 3.70. The normalized spacial score (nSPS) is 12.5. The lowest BCUT2D eigenvalue weighted by molar-refractivity contribution is 0.174. The molecule has 1 aliphatic heterocycles. The average molecular weight is 388 g/mol. The van der Waals surface area contributed by atoms with Crippen LogP contribution in [-0.4, -0.2) is 6.79 Å². The molecule has 0 aromatic heterocycles. The maximum atomic E-state index is 6.18. The Morgan fingerprint density at radius 1 is 1.11 bits per heavy atom. The fraction of sp³-hybridized carbons (Fsp3) is 0.143. The van der Waals surface area contributed by atoms with Crippen molar-refractivity contribution in [2.75, 3.05) is 12.1 Å². The largest absolute Gasteiger partial charge is 0.454 e. The van der Waals surface area contributed by atoms with E-state index in [9.17, 15) is 0 Å². The van der Waals surface area contributed by atoms with Crippen LogP contribution in [0.2, 0.25) is 5.02 Å². The second-order valence-electron chi connectivity index (χ2n) is 4.17. The van der Waals surface area contributed by atoms with Gasteiger partial charge < -0.3 is 14.8 Å².